The fraction of sp³-hybridized carbons (Fsp3) is 0.238. The molecule has 0 saturated heterocycles. The first-order chi connectivity index (χ1) is 14.0. The Morgan fingerprint density at radius 3 is 2.52 bits per heavy atom. The normalized spacial score (nSPS) is 10.6. The van der Waals surface area contributed by atoms with Crippen LogP contribution in [0.3, 0.4) is 0 Å². The van der Waals surface area contributed by atoms with E-state index in [1.54, 1.807) is 32.4 Å². The van der Waals surface area contributed by atoms with Crippen LogP contribution < -0.4 is 20.1 Å². The Morgan fingerprint density at radius 2 is 1.83 bits per heavy atom. The summed E-state index contributed by atoms with van der Waals surface area (Å²) in [7, 11) is 3.12. The van der Waals surface area contributed by atoms with E-state index in [1.165, 1.54) is 6.08 Å². The third kappa shape index (κ3) is 8.11. The molecule has 0 unspecified atom stereocenters. The first-order valence-corrected chi connectivity index (χ1v) is 9.61. The van der Waals surface area contributed by atoms with Crippen molar-refractivity contribution in [2.24, 2.45) is 0 Å². The van der Waals surface area contributed by atoms with Crippen LogP contribution in [0.5, 0.6) is 11.5 Å². The van der Waals surface area contributed by atoms with E-state index in [-0.39, 0.29) is 11.0 Å². The van der Waals surface area contributed by atoms with E-state index in [4.69, 9.17) is 38.0 Å². The highest BCUT2D eigenvalue weighted by Gasteiger charge is 2.04. The molecule has 154 valence electrons. The summed E-state index contributed by atoms with van der Waals surface area (Å²) in [5.74, 6) is 0.878. The van der Waals surface area contributed by atoms with Gasteiger partial charge in [0.2, 0.25) is 5.91 Å². The average molecular weight is 435 g/mol. The third-order valence-corrected chi connectivity index (χ3v) is 4.28. The third-order valence-electron chi connectivity index (χ3n) is 3.79. The number of benzene rings is 2. The van der Waals surface area contributed by atoms with Crippen LogP contribution in [0.25, 0.3) is 6.08 Å². The molecule has 0 aliphatic carbocycles. The molecule has 0 fully saturated rings. The molecule has 2 aromatic rings. The molecule has 2 rings (SSSR count). The molecule has 2 aromatic carbocycles. The maximum atomic E-state index is 12.0. The number of methoxy groups -OCH3 is 2. The number of ether oxygens (including phenoxy) is 3. The molecule has 8 heteroatoms. The summed E-state index contributed by atoms with van der Waals surface area (Å²) >= 11 is 10.9. The minimum Gasteiger partial charge on any atom is -0.493 e. The van der Waals surface area contributed by atoms with E-state index in [9.17, 15) is 4.79 Å². The number of hydrogen-bond donors (Lipinski definition) is 2. The highest BCUT2D eigenvalue weighted by Crippen LogP contribution is 2.27. The number of amides is 1. The quantitative estimate of drug-likeness (QED) is 0.357. The van der Waals surface area contributed by atoms with Crippen molar-refractivity contribution in [2.45, 2.75) is 6.61 Å². The molecule has 1 amide bonds. The Morgan fingerprint density at radius 1 is 1.10 bits per heavy atom. The monoisotopic (exact) mass is 434 g/mol. The van der Waals surface area contributed by atoms with E-state index in [0.717, 1.165) is 11.1 Å². The summed E-state index contributed by atoms with van der Waals surface area (Å²) in [5, 5.41) is 6.44. The molecule has 0 aliphatic rings. The van der Waals surface area contributed by atoms with Gasteiger partial charge in [0.25, 0.3) is 0 Å². The Bertz CT molecular complexity index is 856. The lowest BCUT2D eigenvalue weighted by atomic mass is 10.2. The van der Waals surface area contributed by atoms with E-state index in [0.29, 0.717) is 36.3 Å². The van der Waals surface area contributed by atoms with Gasteiger partial charge >= 0.3 is 0 Å². The molecular weight excluding hydrogens is 412 g/mol. The molecular formula is C21H23ClN2O4S. The van der Waals surface area contributed by atoms with E-state index >= 15 is 0 Å². The van der Waals surface area contributed by atoms with Crippen LogP contribution in [-0.2, 0) is 16.1 Å². The Kier molecular flexibility index (Phi) is 9.43. The summed E-state index contributed by atoms with van der Waals surface area (Å²) < 4.78 is 16.0. The van der Waals surface area contributed by atoms with Crippen LogP contribution in [0.2, 0.25) is 5.02 Å². The zero-order valence-electron chi connectivity index (χ0n) is 16.2. The lowest BCUT2D eigenvalue weighted by Crippen LogP contribution is -2.39. The van der Waals surface area contributed by atoms with E-state index in [1.807, 2.05) is 30.3 Å². The summed E-state index contributed by atoms with van der Waals surface area (Å²) in [4.78, 5) is 12.0. The summed E-state index contributed by atoms with van der Waals surface area (Å²) in [6, 6.07) is 12.8. The standard InChI is InChI=1S/C21H23ClN2O4S/c1-26-18-9-5-15(13-19(18)27-2)6-10-20(25)24-21(29)23-11-12-28-14-16-3-7-17(22)8-4-16/h3-10,13H,11-12,14H2,1-2H3,(H2,23,24,25,29)/b10-6+. The zero-order valence-corrected chi connectivity index (χ0v) is 17.8. The molecule has 0 spiro atoms. The van der Waals surface area contributed by atoms with Gasteiger partial charge in [-0.15, -0.1) is 0 Å². The topological polar surface area (TPSA) is 68.8 Å². The van der Waals surface area contributed by atoms with E-state index < -0.39 is 0 Å². The van der Waals surface area contributed by atoms with Crippen LogP contribution in [0.1, 0.15) is 11.1 Å². The predicted molar refractivity (Wildman–Crippen MR) is 118 cm³/mol. The SMILES string of the molecule is COc1ccc(/C=C/C(=O)NC(=S)NCCOCc2ccc(Cl)cc2)cc1OC. The minimum atomic E-state index is -0.334. The number of thiocarbonyl (C=S) groups is 1. The van der Waals surface area contributed by atoms with Crippen molar-refractivity contribution in [3.05, 3.63) is 64.7 Å². The van der Waals surface area contributed by atoms with Crippen molar-refractivity contribution in [3.8, 4) is 11.5 Å². The van der Waals surface area contributed by atoms with Gasteiger partial charge in [-0.25, -0.2) is 0 Å². The summed E-state index contributed by atoms with van der Waals surface area (Å²) in [6.07, 6.45) is 3.06. The number of halogens is 1. The first kappa shape index (κ1) is 22.7. The molecule has 2 N–H and O–H groups in total. The Labute approximate surface area is 180 Å². The van der Waals surface area contributed by atoms with Crippen LogP contribution >= 0.6 is 23.8 Å². The molecule has 0 atom stereocenters. The van der Waals surface area contributed by atoms with Gasteiger partial charge in [-0.3, -0.25) is 10.1 Å². The summed E-state index contributed by atoms with van der Waals surface area (Å²) in [5.41, 5.74) is 1.83. The fourth-order valence-corrected chi connectivity index (χ4v) is 2.66. The van der Waals surface area contributed by atoms with Gasteiger partial charge in [0.05, 0.1) is 27.4 Å². The molecule has 29 heavy (non-hydrogen) atoms. The van der Waals surface area contributed by atoms with Gasteiger partial charge in [-0.05, 0) is 53.7 Å². The molecule has 0 bridgehead atoms. The first-order valence-electron chi connectivity index (χ1n) is 8.83. The lowest BCUT2D eigenvalue weighted by molar-refractivity contribution is -0.115. The van der Waals surface area contributed by atoms with Crippen LogP contribution in [0.4, 0.5) is 0 Å². The van der Waals surface area contributed by atoms with Gasteiger partial charge in [0, 0.05) is 17.6 Å². The maximum Gasteiger partial charge on any atom is 0.250 e. The maximum absolute atomic E-state index is 12.0. The smallest absolute Gasteiger partial charge is 0.250 e. The van der Waals surface area contributed by atoms with Gasteiger partial charge in [0.15, 0.2) is 16.6 Å². The molecule has 0 heterocycles. The number of nitrogens with one attached hydrogen (secondary N) is 2. The second kappa shape index (κ2) is 12.1. The average Bonchev–Trinajstić information content (AvgIpc) is 2.73. The Balaban J connectivity index is 1.68. The molecule has 0 radical (unpaired) electrons. The number of rotatable bonds is 9. The number of carbonyl (C=O) groups is 1. The predicted octanol–water partition coefficient (Wildman–Crippen LogP) is 3.58. The van der Waals surface area contributed by atoms with Crippen molar-refractivity contribution >= 4 is 40.9 Å². The van der Waals surface area contributed by atoms with Crippen LogP contribution in [-0.4, -0.2) is 38.4 Å². The van der Waals surface area contributed by atoms with Crippen molar-refractivity contribution in [2.75, 3.05) is 27.4 Å². The van der Waals surface area contributed by atoms with Crippen molar-refractivity contribution < 1.29 is 19.0 Å². The molecule has 6 nitrogen and oxygen atoms in total. The molecule has 0 aliphatic heterocycles. The summed E-state index contributed by atoms with van der Waals surface area (Å²) in [6.45, 7) is 1.40. The largest absolute Gasteiger partial charge is 0.493 e. The molecule has 0 aromatic heterocycles. The van der Waals surface area contributed by atoms with Gasteiger partial charge in [-0.2, -0.15) is 0 Å². The fourth-order valence-electron chi connectivity index (χ4n) is 2.33. The zero-order chi connectivity index (χ0) is 21.1. The van der Waals surface area contributed by atoms with Crippen LogP contribution in [0.15, 0.2) is 48.5 Å². The van der Waals surface area contributed by atoms with Crippen molar-refractivity contribution in [1.82, 2.24) is 10.6 Å². The second-order valence-corrected chi connectivity index (χ2v) is 6.72. The number of hydrogen-bond acceptors (Lipinski definition) is 5. The highest BCUT2D eigenvalue weighted by molar-refractivity contribution is 7.80. The number of carbonyl (C=O) groups excluding carboxylic acids is 1. The highest BCUT2D eigenvalue weighted by atomic mass is 35.5. The van der Waals surface area contributed by atoms with Gasteiger partial charge < -0.3 is 19.5 Å². The Hall–Kier alpha value is -2.61. The van der Waals surface area contributed by atoms with Gasteiger partial charge in [0.1, 0.15) is 0 Å². The second-order valence-electron chi connectivity index (χ2n) is 5.87. The van der Waals surface area contributed by atoms with Crippen LogP contribution in [0, 0.1) is 0 Å². The van der Waals surface area contributed by atoms with Gasteiger partial charge in [-0.1, -0.05) is 29.8 Å². The van der Waals surface area contributed by atoms with E-state index in [2.05, 4.69) is 10.6 Å². The van der Waals surface area contributed by atoms with Crippen molar-refractivity contribution in [3.63, 3.8) is 0 Å². The van der Waals surface area contributed by atoms with Crippen molar-refractivity contribution in [1.29, 1.82) is 0 Å². The lowest BCUT2D eigenvalue weighted by Gasteiger charge is -2.09. The molecule has 0 saturated carbocycles. The minimum absolute atomic E-state index is 0.238.